The maximum atomic E-state index is 10.7. The number of aliphatic carboxylic acids is 1. The SMILES string of the molecule is CC(C)c1cccc2c1nc1[nH]c(CCC(=O)O)c(Br)n12. The molecule has 0 radical (unpaired) electrons. The van der Waals surface area contributed by atoms with Gasteiger partial charge in [0, 0.05) is 12.1 Å². The molecule has 0 fully saturated rings. The monoisotopic (exact) mass is 349 g/mol. The Balaban J connectivity index is 2.17. The molecule has 5 nitrogen and oxygen atoms in total. The first-order valence-corrected chi connectivity index (χ1v) is 7.67. The van der Waals surface area contributed by atoms with Gasteiger partial charge in [-0.1, -0.05) is 26.0 Å². The van der Waals surface area contributed by atoms with E-state index < -0.39 is 5.97 Å². The lowest BCUT2D eigenvalue weighted by Crippen LogP contribution is -1.98. The van der Waals surface area contributed by atoms with Crippen molar-refractivity contribution in [3.63, 3.8) is 0 Å². The highest BCUT2D eigenvalue weighted by atomic mass is 79.9. The number of nitrogens with one attached hydrogen (secondary N) is 1. The van der Waals surface area contributed by atoms with Crippen LogP contribution in [-0.4, -0.2) is 25.4 Å². The Kier molecular flexibility index (Phi) is 3.49. The van der Waals surface area contributed by atoms with Gasteiger partial charge in [-0.3, -0.25) is 9.20 Å². The van der Waals surface area contributed by atoms with Crippen molar-refractivity contribution in [1.29, 1.82) is 0 Å². The van der Waals surface area contributed by atoms with Crippen LogP contribution < -0.4 is 0 Å². The summed E-state index contributed by atoms with van der Waals surface area (Å²) in [6.45, 7) is 4.30. The number of H-pyrrole nitrogens is 1. The molecule has 2 heterocycles. The van der Waals surface area contributed by atoms with E-state index in [2.05, 4.69) is 45.8 Å². The standard InChI is InChI=1S/C15H16BrN3O2/c1-8(2)9-4-3-5-11-13(9)18-15-17-10(6-7-12(20)21)14(16)19(11)15/h3-5,8H,6-7H2,1-2H3,(H,17,18)(H,20,21). The van der Waals surface area contributed by atoms with Crippen molar-refractivity contribution in [2.75, 3.05) is 0 Å². The quantitative estimate of drug-likeness (QED) is 0.753. The summed E-state index contributed by atoms with van der Waals surface area (Å²) >= 11 is 3.56. The number of aromatic nitrogens is 3. The summed E-state index contributed by atoms with van der Waals surface area (Å²) < 4.78 is 2.85. The minimum Gasteiger partial charge on any atom is -0.481 e. The zero-order valence-corrected chi connectivity index (χ0v) is 13.4. The van der Waals surface area contributed by atoms with E-state index in [-0.39, 0.29) is 6.42 Å². The highest BCUT2D eigenvalue weighted by Gasteiger charge is 2.17. The summed E-state index contributed by atoms with van der Waals surface area (Å²) in [5.41, 5.74) is 4.09. The highest BCUT2D eigenvalue weighted by Crippen LogP contribution is 2.29. The number of nitrogens with zero attached hydrogens (tertiary/aromatic N) is 2. The number of carbonyl (C=O) groups is 1. The van der Waals surface area contributed by atoms with Gasteiger partial charge in [0.25, 0.3) is 0 Å². The average molecular weight is 350 g/mol. The Morgan fingerprint density at radius 2 is 2.24 bits per heavy atom. The molecule has 0 aliphatic heterocycles. The number of aromatic amines is 1. The van der Waals surface area contributed by atoms with Crippen LogP contribution in [0.15, 0.2) is 22.8 Å². The molecule has 0 atom stereocenters. The molecule has 2 N–H and O–H groups in total. The summed E-state index contributed by atoms with van der Waals surface area (Å²) in [6, 6.07) is 6.15. The molecule has 3 rings (SSSR count). The van der Waals surface area contributed by atoms with Crippen LogP contribution in [0, 0.1) is 0 Å². The lowest BCUT2D eigenvalue weighted by atomic mass is 10.0. The van der Waals surface area contributed by atoms with E-state index in [1.807, 2.05) is 16.5 Å². The third-order valence-electron chi connectivity index (χ3n) is 3.64. The zero-order chi connectivity index (χ0) is 15.1. The van der Waals surface area contributed by atoms with E-state index in [1.165, 1.54) is 5.56 Å². The Hall–Kier alpha value is -1.82. The van der Waals surface area contributed by atoms with Crippen LogP contribution in [0.4, 0.5) is 0 Å². The summed E-state index contributed by atoms with van der Waals surface area (Å²) in [5, 5.41) is 8.81. The average Bonchev–Trinajstić information content (AvgIpc) is 2.93. The minimum absolute atomic E-state index is 0.0947. The van der Waals surface area contributed by atoms with Gasteiger partial charge >= 0.3 is 5.97 Å². The zero-order valence-electron chi connectivity index (χ0n) is 11.9. The molecule has 6 heteroatoms. The predicted molar refractivity (Wildman–Crippen MR) is 84.8 cm³/mol. The third kappa shape index (κ3) is 2.33. The van der Waals surface area contributed by atoms with E-state index >= 15 is 0 Å². The van der Waals surface area contributed by atoms with Crippen LogP contribution >= 0.6 is 15.9 Å². The Labute approximate surface area is 130 Å². The fraction of sp³-hybridized carbons (Fsp3) is 0.333. The van der Waals surface area contributed by atoms with Crippen molar-refractivity contribution in [1.82, 2.24) is 14.4 Å². The number of rotatable bonds is 4. The third-order valence-corrected chi connectivity index (χ3v) is 4.47. The van der Waals surface area contributed by atoms with Crippen molar-refractivity contribution in [3.8, 4) is 0 Å². The number of fused-ring (bicyclic) bond motifs is 3. The van der Waals surface area contributed by atoms with Crippen LogP contribution in [-0.2, 0) is 11.2 Å². The van der Waals surface area contributed by atoms with E-state index in [1.54, 1.807) is 0 Å². The normalized spacial score (nSPS) is 11.8. The van der Waals surface area contributed by atoms with E-state index in [0.717, 1.165) is 27.1 Å². The maximum absolute atomic E-state index is 10.7. The van der Waals surface area contributed by atoms with Crippen LogP contribution in [0.5, 0.6) is 0 Å². The van der Waals surface area contributed by atoms with Gasteiger partial charge in [-0.2, -0.15) is 0 Å². The molecule has 1 aromatic carbocycles. The molecular weight excluding hydrogens is 334 g/mol. The number of aryl methyl sites for hydroxylation is 1. The highest BCUT2D eigenvalue weighted by molar-refractivity contribution is 9.10. The number of carboxylic acids is 1. The maximum Gasteiger partial charge on any atom is 0.303 e. The molecule has 0 amide bonds. The number of hydrogen-bond acceptors (Lipinski definition) is 2. The summed E-state index contributed by atoms with van der Waals surface area (Å²) in [6.07, 6.45) is 0.544. The molecule has 0 bridgehead atoms. The second-order valence-corrected chi connectivity index (χ2v) is 6.18. The van der Waals surface area contributed by atoms with Gasteiger partial charge in [0.05, 0.1) is 17.5 Å². The van der Waals surface area contributed by atoms with Crippen LogP contribution in [0.25, 0.3) is 16.8 Å². The van der Waals surface area contributed by atoms with Crippen LogP contribution in [0.1, 0.15) is 37.4 Å². The number of hydrogen-bond donors (Lipinski definition) is 2. The van der Waals surface area contributed by atoms with Gasteiger partial charge in [0.1, 0.15) is 4.60 Å². The second kappa shape index (κ2) is 5.18. The molecule has 0 unspecified atom stereocenters. The van der Waals surface area contributed by atoms with Gasteiger partial charge in [-0.05, 0) is 33.5 Å². The Bertz CT molecular complexity index is 832. The van der Waals surface area contributed by atoms with Crippen molar-refractivity contribution in [2.24, 2.45) is 0 Å². The van der Waals surface area contributed by atoms with E-state index in [9.17, 15) is 4.79 Å². The van der Waals surface area contributed by atoms with E-state index in [4.69, 9.17) is 5.11 Å². The van der Waals surface area contributed by atoms with Gasteiger partial charge in [0.15, 0.2) is 0 Å². The number of carboxylic acid groups (broad SMARTS) is 1. The van der Waals surface area contributed by atoms with Gasteiger partial charge < -0.3 is 10.1 Å². The Morgan fingerprint density at radius 3 is 2.90 bits per heavy atom. The topological polar surface area (TPSA) is 70.4 Å². The van der Waals surface area contributed by atoms with E-state index in [0.29, 0.717) is 12.3 Å². The van der Waals surface area contributed by atoms with Gasteiger partial charge in [0.2, 0.25) is 5.78 Å². The van der Waals surface area contributed by atoms with Gasteiger partial charge in [-0.25, -0.2) is 4.98 Å². The fourth-order valence-electron chi connectivity index (χ4n) is 2.59. The van der Waals surface area contributed by atoms with Crippen molar-refractivity contribution < 1.29 is 9.90 Å². The molecule has 0 saturated carbocycles. The van der Waals surface area contributed by atoms with Gasteiger partial charge in [-0.15, -0.1) is 0 Å². The molecule has 3 aromatic rings. The lowest BCUT2D eigenvalue weighted by molar-refractivity contribution is -0.136. The summed E-state index contributed by atoms with van der Waals surface area (Å²) in [5.74, 6) is 0.338. The second-order valence-electron chi connectivity index (χ2n) is 5.43. The van der Waals surface area contributed by atoms with Crippen LogP contribution in [0.2, 0.25) is 0 Å². The first kappa shape index (κ1) is 14.1. The Morgan fingerprint density at radius 1 is 1.48 bits per heavy atom. The molecule has 0 aliphatic rings. The predicted octanol–water partition coefficient (Wildman–Crippen LogP) is 3.72. The molecule has 110 valence electrons. The largest absolute Gasteiger partial charge is 0.481 e. The first-order valence-electron chi connectivity index (χ1n) is 6.88. The number of benzene rings is 1. The fourth-order valence-corrected chi connectivity index (χ4v) is 3.24. The molecule has 0 spiro atoms. The molecular formula is C15H16BrN3O2. The molecule has 21 heavy (non-hydrogen) atoms. The van der Waals surface area contributed by atoms with Crippen molar-refractivity contribution in [2.45, 2.75) is 32.6 Å². The summed E-state index contributed by atoms with van der Waals surface area (Å²) in [7, 11) is 0. The van der Waals surface area contributed by atoms with Crippen molar-refractivity contribution >= 4 is 38.7 Å². The van der Waals surface area contributed by atoms with Crippen molar-refractivity contribution in [3.05, 3.63) is 34.1 Å². The number of imidazole rings is 2. The molecule has 0 aliphatic carbocycles. The lowest BCUT2D eigenvalue weighted by Gasteiger charge is -2.05. The molecule has 2 aromatic heterocycles. The number of para-hydroxylation sites is 1. The van der Waals surface area contributed by atoms with Crippen LogP contribution in [0.3, 0.4) is 0 Å². The smallest absolute Gasteiger partial charge is 0.303 e. The minimum atomic E-state index is -0.805. The summed E-state index contributed by atoms with van der Waals surface area (Å²) in [4.78, 5) is 18.6. The number of halogens is 1. The molecule has 0 saturated heterocycles. The first-order chi connectivity index (χ1) is 9.99.